The van der Waals surface area contributed by atoms with Crippen LogP contribution >= 0.6 is 0 Å². The fraction of sp³-hybridized carbons (Fsp3) is 0.778. The minimum Gasteiger partial charge on any atom is -0.345 e. The normalized spacial score (nSPS) is 26.5. The predicted octanol–water partition coefficient (Wildman–Crippen LogP) is 2.09. The molecule has 1 saturated carbocycles. The van der Waals surface area contributed by atoms with Gasteiger partial charge in [-0.15, -0.1) is 0 Å². The first-order valence-electron chi connectivity index (χ1n) is 9.74. The molecular weight excluding hydrogens is 352 g/mol. The Morgan fingerprint density at radius 3 is 2.54 bits per heavy atom. The van der Waals surface area contributed by atoms with Crippen molar-refractivity contribution < 1.29 is 13.2 Å². The predicted molar refractivity (Wildman–Crippen MR) is 99.0 cm³/mol. The van der Waals surface area contributed by atoms with Gasteiger partial charge in [0.05, 0.1) is 12.1 Å². The third-order valence-electron chi connectivity index (χ3n) is 5.70. The fourth-order valence-corrected chi connectivity index (χ4v) is 5.87. The Labute approximate surface area is 156 Å². The van der Waals surface area contributed by atoms with Gasteiger partial charge in [0.25, 0.3) is 0 Å². The standard InChI is InChI=1S/C18H30N4O3S/c1-3-21-14-15(13-19-21)26(24,25)22-12-7-5-4-6-11-20(2)18(23)16-9-8-10-17(16)22/h13-14,16-17H,3-12H2,1-2H3/t16-,17+/m1/s1. The summed E-state index contributed by atoms with van der Waals surface area (Å²) in [6.45, 7) is 3.80. The zero-order chi connectivity index (χ0) is 18.7. The Kier molecular flexibility index (Phi) is 6.02. The molecule has 7 nitrogen and oxygen atoms in total. The van der Waals surface area contributed by atoms with Crippen LogP contribution in [0.15, 0.2) is 17.3 Å². The van der Waals surface area contributed by atoms with Gasteiger partial charge in [0.1, 0.15) is 4.90 Å². The Hall–Kier alpha value is -1.41. The Balaban J connectivity index is 1.94. The minimum atomic E-state index is -3.65. The minimum absolute atomic E-state index is 0.0962. The van der Waals surface area contributed by atoms with Crippen molar-refractivity contribution in [3.05, 3.63) is 12.4 Å². The van der Waals surface area contributed by atoms with E-state index in [1.54, 1.807) is 20.1 Å². The summed E-state index contributed by atoms with van der Waals surface area (Å²) in [5.74, 6) is -0.132. The van der Waals surface area contributed by atoms with E-state index < -0.39 is 10.0 Å². The number of hydrogen-bond acceptors (Lipinski definition) is 4. The highest BCUT2D eigenvalue weighted by molar-refractivity contribution is 7.89. The van der Waals surface area contributed by atoms with E-state index in [2.05, 4.69) is 5.10 Å². The van der Waals surface area contributed by atoms with E-state index in [4.69, 9.17) is 0 Å². The van der Waals surface area contributed by atoms with Gasteiger partial charge in [-0.1, -0.05) is 19.3 Å². The smallest absolute Gasteiger partial charge is 0.246 e. The number of rotatable bonds is 3. The Morgan fingerprint density at radius 1 is 1.12 bits per heavy atom. The van der Waals surface area contributed by atoms with Crippen LogP contribution in [0, 0.1) is 5.92 Å². The molecule has 0 bridgehead atoms. The number of hydrogen-bond donors (Lipinski definition) is 0. The quantitative estimate of drug-likeness (QED) is 0.802. The van der Waals surface area contributed by atoms with E-state index in [1.807, 2.05) is 14.0 Å². The number of sulfonamides is 1. The Bertz CT molecular complexity index is 731. The molecule has 1 aliphatic carbocycles. The number of fused-ring (bicyclic) bond motifs is 1. The summed E-state index contributed by atoms with van der Waals surface area (Å²) in [6, 6.07) is -0.238. The average molecular weight is 383 g/mol. The van der Waals surface area contributed by atoms with Gasteiger partial charge in [-0.3, -0.25) is 9.48 Å². The van der Waals surface area contributed by atoms with Crippen LogP contribution in [0.5, 0.6) is 0 Å². The molecule has 26 heavy (non-hydrogen) atoms. The molecule has 1 amide bonds. The summed E-state index contributed by atoms with van der Waals surface area (Å²) in [7, 11) is -1.80. The first kappa shape index (κ1) is 19.4. The molecule has 2 fully saturated rings. The highest BCUT2D eigenvalue weighted by atomic mass is 32.2. The van der Waals surface area contributed by atoms with Crippen molar-refractivity contribution in [1.82, 2.24) is 19.0 Å². The second kappa shape index (κ2) is 8.08. The van der Waals surface area contributed by atoms with Gasteiger partial charge >= 0.3 is 0 Å². The van der Waals surface area contributed by atoms with E-state index >= 15 is 0 Å². The number of nitrogens with zero attached hydrogens (tertiary/aromatic N) is 4. The summed E-state index contributed by atoms with van der Waals surface area (Å²) in [4.78, 5) is 14.9. The Morgan fingerprint density at radius 2 is 1.85 bits per heavy atom. The lowest BCUT2D eigenvalue weighted by Gasteiger charge is -2.32. The maximum Gasteiger partial charge on any atom is 0.246 e. The molecule has 0 N–H and O–H groups in total. The van der Waals surface area contributed by atoms with E-state index in [-0.39, 0.29) is 22.8 Å². The monoisotopic (exact) mass is 382 g/mol. The van der Waals surface area contributed by atoms with Crippen molar-refractivity contribution in [2.75, 3.05) is 20.1 Å². The average Bonchev–Trinajstić information content (AvgIpc) is 3.28. The first-order valence-corrected chi connectivity index (χ1v) is 11.2. The molecule has 3 rings (SSSR count). The van der Waals surface area contributed by atoms with Gasteiger partial charge in [-0.2, -0.15) is 9.40 Å². The van der Waals surface area contributed by atoms with Crippen LogP contribution in [0.3, 0.4) is 0 Å². The van der Waals surface area contributed by atoms with Crippen LogP contribution in [0.25, 0.3) is 0 Å². The van der Waals surface area contributed by atoms with E-state index in [1.165, 1.54) is 6.20 Å². The third kappa shape index (κ3) is 3.81. The lowest BCUT2D eigenvalue weighted by molar-refractivity contribution is -0.135. The van der Waals surface area contributed by atoms with Crippen molar-refractivity contribution in [3.8, 4) is 0 Å². The summed E-state index contributed by atoms with van der Waals surface area (Å²) in [5, 5.41) is 4.13. The van der Waals surface area contributed by atoms with Crippen LogP contribution in [-0.2, 0) is 21.4 Å². The summed E-state index contributed by atoms with van der Waals surface area (Å²) < 4.78 is 29.9. The first-order chi connectivity index (χ1) is 12.4. The molecule has 1 aliphatic heterocycles. The second-order valence-corrected chi connectivity index (χ2v) is 9.32. The molecule has 146 valence electrons. The summed E-state index contributed by atoms with van der Waals surface area (Å²) in [5.41, 5.74) is 0. The molecule has 1 aromatic heterocycles. The van der Waals surface area contributed by atoms with E-state index in [9.17, 15) is 13.2 Å². The van der Waals surface area contributed by atoms with Crippen LogP contribution in [0.1, 0.15) is 51.9 Å². The summed E-state index contributed by atoms with van der Waals surface area (Å²) >= 11 is 0. The molecule has 8 heteroatoms. The maximum absolute atomic E-state index is 13.3. The number of amides is 1. The zero-order valence-electron chi connectivity index (χ0n) is 15.8. The SMILES string of the molecule is CCn1cc(S(=O)(=O)N2CCCCCCN(C)C(=O)[C@@H]3CCC[C@@H]32)cn1. The van der Waals surface area contributed by atoms with Crippen LogP contribution in [0.4, 0.5) is 0 Å². The molecule has 0 aromatic carbocycles. The molecule has 2 aliphatic rings. The van der Waals surface area contributed by atoms with Crippen LogP contribution < -0.4 is 0 Å². The molecule has 2 heterocycles. The van der Waals surface area contributed by atoms with Gasteiger partial charge in [0.2, 0.25) is 15.9 Å². The topological polar surface area (TPSA) is 75.5 Å². The lowest BCUT2D eigenvalue weighted by atomic mass is 10.0. The molecule has 0 spiro atoms. The number of aromatic nitrogens is 2. The maximum atomic E-state index is 13.3. The van der Waals surface area contributed by atoms with Gasteiger partial charge in [0, 0.05) is 38.9 Å². The van der Waals surface area contributed by atoms with Gasteiger partial charge < -0.3 is 4.90 Å². The van der Waals surface area contributed by atoms with E-state index in [0.29, 0.717) is 13.1 Å². The number of aryl methyl sites for hydroxylation is 1. The highest BCUT2D eigenvalue weighted by Crippen LogP contribution is 2.35. The number of carbonyl (C=O) groups is 1. The van der Waals surface area contributed by atoms with Crippen molar-refractivity contribution in [2.45, 2.75) is 69.4 Å². The second-order valence-electron chi connectivity index (χ2n) is 7.43. The number of carbonyl (C=O) groups excluding carboxylic acids is 1. The van der Waals surface area contributed by atoms with Gasteiger partial charge in [-0.25, -0.2) is 8.42 Å². The van der Waals surface area contributed by atoms with Crippen LogP contribution in [0.2, 0.25) is 0 Å². The van der Waals surface area contributed by atoms with Crippen molar-refractivity contribution >= 4 is 15.9 Å². The molecule has 0 radical (unpaired) electrons. The largest absolute Gasteiger partial charge is 0.345 e. The lowest BCUT2D eigenvalue weighted by Crippen LogP contribution is -2.47. The summed E-state index contributed by atoms with van der Waals surface area (Å²) in [6.07, 6.45) is 9.28. The van der Waals surface area contributed by atoms with E-state index in [0.717, 1.165) is 51.5 Å². The molecular formula is C18H30N4O3S. The molecule has 1 aromatic rings. The van der Waals surface area contributed by atoms with Gasteiger partial charge in [-0.05, 0) is 32.6 Å². The molecule has 1 saturated heterocycles. The van der Waals surface area contributed by atoms with Gasteiger partial charge in [0.15, 0.2) is 0 Å². The highest BCUT2D eigenvalue weighted by Gasteiger charge is 2.43. The molecule has 2 atom stereocenters. The fourth-order valence-electron chi connectivity index (χ4n) is 4.19. The third-order valence-corrected chi connectivity index (χ3v) is 7.58. The van der Waals surface area contributed by atoms with Crippen molar-refractivity contribution in [3.63, 3.8) is 0 Å². The van der Waals surface area contributed by atoms with Crippen LogP contribution in [-0.4, -0.2) is 59.5 Å². The molecule has 0 unspecified atom stereocenters. The van der Waals surface area contributed by atoms with Crippen molar-refractivity contribution in [2.24, 2.45) is 5.92 Å². The van der Waals surface area contributed by atoms with Crippen molar-refractivity contribution in [1.29, 1.82) is 0 Å². The zero-order valence-corrected chi connectivity index (χ0v) is 16.6.